The maximum absolute atomic E-state index is 12.2. The lowest BCUT2D eigenvalue weighted by atomic mass is 10.2. The van der Waals surface area contributed by atoms with Crippen molar-refractivity contribution >= 4 is 43.5 Å². The number of carbonyl (C=O) groups excluding carboxylic acids is 1. The van der Waals surface area contributed by atoms with Crippen LogP contribution in [0.3, 0.4) is 0 Å². The van der Waals surface area contributed by atoms with Gasteiger partial charge in [0.15, 0.2) is 0 Å². The number of nitrogens with two attached hydrogens (primary N) is 1. The van der Waals surface area contributed by atoms with Gasteiger partial charge in [-0.3, -0.25) is 4.79 Å². The Morgan fingerprint density at radius 2 is 2.10 bits per heavy atom. The molecule has 9 heteroatoms. The Hall–Kier alpha value is -0.670. The molecule has 0 atom stereocenters. The highest BCUT2D eigenvalue weighted by molar-refractivity contribution is 9.10. The van der Waals surface area contributed by atoms with Crippen LogP contribution in [0.4, 0.5) is 0 Å². The summed E-state index contributed by atoms with van der Waals surface area (Å²) in [5.74, 6) is -0.413. The van der Waals surface area contributed by atoms with Gasteiger partial charge in [0, 0.05) is 25.2 Å². The van der Waals surface area contributed by atoms with E-state index >= 15 is 0 Å². The predicted molar refractivity (Wildman–Crippen MR) is 79.4 cm³/mol. The van der Waals surface area contributed by atoms with Gasteiger partial charge < -0.3 is 9.64 Å². The third kappa shape index (κ3) is 4.16. The molecule has 0 bridgehead atoms. The Kier molecular flexibility index (Phi) is 5.96. The van der Waals surface area contributed by atoms with Crippen molar-refractivity contribution in [3.05, 3.63) is 27.2 Å². The monoisotopic (exact) mass is 384 g/mol. The highest BCUT2D eigenvalue weighted by Crippen LogP contribution is 2.29. The number of hydrogen-bond acceptors (Lipinski definition) is 4. The average molecular weight is 386 g/mol. The first-order chi connectivity index (χ1) is 9.18. The maximum atomic E-state index is 12.2. The van der Waals surface area contributed by atoms with Crippen LogP contribution in [0, 0.1) is 0 Å². The zero-order valence-corrected chi connectivity index (χ0v) is 14.0. The number of carbonyl (C=O) groups is 1. The van der Waals surface area contributed by atoms with E-state index in [2.05, 4.69) is 15.9 Å². The number of hydrogen-bond donors (Lipinski definition) is 1. The Bertz CT molecular complexity index is 621. The van der Waals surface area contributed by atoms with E-state index in [0.29, 0.717) is 13.2 Å². The van der Waals surface area contributed by atoms with Crippen LogP contribution in [-0.2, 0) is 14.8 Å². The van der Waals surface area contributed by atoms with Crippen molar-refractivity contribution in [2.24, 2.45) is 5.14 Å². The summed E-state index contributed by atoms with van der Waals surface area (Å²) < 4.78 is 28.0. The van der Waals surface area contributed by atoms with Crippen LogP contribution in [0.5, 0.6) is 0 Å². The third-order valence-corrected chi connectivity index (χ3v) is 4.72. The van der Waals surface area contributed by atoms with Gasteiger partial charge in [0.25, 0.3) is 5.91 Å². The van der Waals surface area contributed by atoms with Gasteiger partial charge in [0.2, 0.25) is 10.0 Å². The van der Waals surface area contributed by atoms with Crippen molar-refractivity contribution < 1.29 is 17.9 Å². The first kappa shape index (κ1) is 17.4. The number of halogens is 2. The number of amides is 1. The summed E-state index contributed by atoms with van der Waals surface area (Å²) in [4.78, 5) is 13.4. The van der Waals surface area contributed by atoms with E-state index in [1.165, 1.54) is 18.1 Å². The lowest BCUT2D eigenvalue weighted by molar-refractivity contribution is 0.0744. The Balaban J connectivity index is 3.22. The lowest BCUT2D eigenvalue weighted by Gasteiger charge is -2.18. The second-order valence-electron chi connectivity index (χ2n) is 4.03. The Labute approximate surface area is 131 Å². The molecule has 0 fully saturated rings. The summed E-state index contributed by atoms with van der Waals surface area (Å²) in [5, 5.41) is 5.22. The molecule has 20 heavy (non-hydrogen) atoms. The highest BCUT2D eigenvalue weighted by Gasteiger charge is 2.21. The van der Waals surface area contributed by atoms with Crippen LogP contribution in [0.1, 0.15) is 10.4 Å². The zero-order chi connectivity index (χ0) is 15.5. The van der Waals surface area contributed by atoms with E-state index in [-0.39, 0.29) is 20.0 Å². The van der Waals surface area contributed by atoms with Crippen LogP contribution in [-0.4, -0.2) is 46.5 Å². The molecule has 0 heterocycles. The minimum atomic E-state index is -3.95. The van der Waals surface area contributed by atoms with E-state index in [0.717, 1.165) is 6.07 Å². The number of ether oxygens (including phenoxy) is 1. The van der Waals surface area contributed by atoms with E-state index in [4.69, 9.17) is 21.5 Å². The van der Waals surface area contributed by atoms with Gasteiger partial charge in [0.05, 0.1) is 22.1 Å². The van der Waals surface area contributed by atoms with Crippen molar-refractivity contribution in [2.45, 2.75) is 4.90 Å². The molecule has 112 valence electrons. The molecule has 0 aliphatic carbocycles. The standard InChI is InChI=1S/C11H14BrClN2O4S/c1-15(3-4-19-2)11(16)7-5-10(20(14,17)18)8(12)6-9(7)13/h5-6H,3-4H2,1-2H3,(H2,14,17,18). The summed E-state index contributed by atoms with van der Waals surface area (Å²) >= 11 is 9.04. The van der Waals surface area contributed by atoms with Crippen molar-refractivity contribution in [2.75, 3.05) is 27.3 Å². The smallest absolute Gasteiger partial charge is 0.255 e. The van der Waals surface area contributed by atoms with Crippen LogP contribution in [0.15, 0.2) is 21.5 Å². The molecule has 0 saturated heterocycles. The van der Waals surface area contributed by atoms with E-state index in [1.54, 1.807) is 7.05 Å². The van der Waals surface area contributed by atoms with Gasteiger partial charge in [-0.25, -0.2) is 13.6 Å². The fourth-order valence-corrected chi connectivity index (χ4v) is 3.46. The molecule has 1 aromatic carbocycles. The van der Waals surface area contributed by atoms with Gasteiger partial charge in [-0.15, -0.1) is 0 Å². The highest BCUT2D eigenvalue weighted by atomic mass is 79.9. The van der Waals surface area contributed by atoms with Crippen molar-refractivity contribution in [1.82, 2.24) is 4.90 Å². The topological polar surface area (TPSA) is 89.7 Å². The summed E-state index contributed by atoms with van der Waals surface area (Å²) in [7, 11) is -0.866. The van der Waals surface area contributed by atoms with Crippen LogP contribution >= 0.6 is 27.5 Å². The second kappa shape index (κ2) is 6.86. The number of benzene rings is 1. The molecular formula is C11H14BrClN2O4S. The number of primary sulfonamides is 1. The minimum Gasteiger partial charge on any atom is -0.383 e. The fraction of sp³-hybridized carbons (Fsp3) is 0.364. The zero-order valence-electron chi connectivity index (χ0n) is 10.9. The molecule has 0 aliphatic heterocycles. The van der Waals surface area contributed by atoms with E-state index < -0.39 is 15.9 Å². The quantitative estimate of drug-likeness (QED) is 0.831. The van der Waals surface area contributed by atoms with Gasteiger partial charge in [-0.05, 0) is 28.1 Å². The third-order valence-electron chi connectivity index (χ3n) is 2.54. The van der Waals surface area contributed by atoms with Gasteiger partial charge in [0.1, 0.15) is 0 Å². The van der Waals surface area contributed by atoms with Gasteiger partial charge in [-0.2, -0.15) is 0 Å². The largest absolute Gasteiger partial charge is 0.383 e. The first-order valence-electron chi connectivity index (χ1n) is 5.44. The summed E-state index contributed by atoms with van der Waals surface area (Å²) in [6.07, 6.45) is 0. The molecule has 6 nitrogen and oxygen atoms in total. The molecule has 0 unspecified atom stereocenters. The van der Waals surface area contributed by atoms with Crippen LogP contribution in [0.25, 0.3) is 0 Å². The summed E-state index contributed by atoms with van der Waals surface area (Å²) in [6, 6.07) is 2.49. The van der Waals surface area contributed by atoms with E-state index in [9.17, 15) is 13.2 Å². The predicted octanol–water partition coefficient (Wildman–Crippen LogP) is 1.47. The fourth-order valence-electron chi connectivity index (χ4n) is 1.45. The normalized spacial score (nSPS) is 11.4. The van der Waals surface area contributed by atoms with Gasteiger partial charge in [-0.1, -0.05) is 11.6 Å². The molecule has 0 radical (unpaired) electrons. The number of rotatable bonds is 5. The summed E-state index contributed by atoms with van der Waals surface area (Å²) in [5.41, 5.74) is 0.0671. The molecule has 1 rings (SSSR count). The van der Waals surface area contributed by atoms with Gasteiger partial charge >= 0.3 is 0 Å². The van der Waals surface area contributed by atoms with E-state index in [1.807, 2.05) is 0 Å². The van der Waals surface area contributed by atoms with Crippen molar-refractivity contribution in [1.29, 1.82) is 0 Å². The molecule has 1 amide bonds. The number of methoxy groups -OCH3 is 1. The maximum Gasteiger partial charge on any atom is 0.255 e. The Morgan fingerprint density at radius 3 is 2.60 bits per heavy atom. The number of sulfonamides is 1. The Morgan fingerprint density at radius 1 is 1.50 bits per heavy atom. The number of likely N-dealkylation sites (N-methyl/N-ethyl adjacent to an activating group) is 1. The molecule has 0 saturated carbocycles. The minimum absolute atomic E-state index is 0.0671. The van der Waals surface area contributed by atoms with Crippen molar-refractivity contribution in [3.8, 4) is 0 Å². The molecule has 0 aliphatic rings. The second-order valence-corrected chi connectivity index (χ2v) is 6.82. The SMILES string of the molecule is COCCN(C)C(=O)c1cc(S(N)(=O)=O)c(Br)cc1Cl. The molecule has 0 aromatic heterocycles. The lowest BCUT2D eigenvalue weighted by Crippen LogP contribution is -2.30. The molecule has 2 N–H and O–H groups in total. The average Bonchev–Trinajstić information content (AvgIpc) is 2.33. The van der Waals surface area contributed by atoms with Crippen LogP contribution in [0.2, 0.25) is 5.02 Å². The molecular weight excluding hydrogens is 372 g/mol. The van der Waals surface area contributed by atoms with Crippen molar-refractivity contribution in [3.63, 3.8) is 0 Å². The number of nitrogens with zero attached hydrogens (tertiary/aromatic N) is 1. The molecule has 1 aromatic rings. The molecule has 0 spiro atoms. The van der Waals surface area contributed by atoms with Crippen LogP contribution < -0.4 is 5.14 Å². The summed E-state index contributed by atoms with van der Waals surface area (Å²) in [6.45, 7) is 0.713. The first-order valence-corrected chi connectivity index (χ1v) is 8.16.